The molecule has 8 nitrogen and oxygen atoms in total. The lowest BCUT2D eigenvalue weighted by Crippen LogP contribution is -2.53. The number of likely N-dealkylation sites (tertiary alicyclic amines) is 1. The number of piperidine rings is 1. The number of amides is 2. The van der Waals surface area contributed by atoms with Crippen molar-refractivity contribution in [3.05, 3.63) is 29.8 Å². The summed E-state index contributed by atoms with van der Waals surface area (Å²) in [7, 11) is -1.93. The normalized spacial score (nSPS) is 23.4. The lowest BCUT2D eigenvalue weighted by molar-refractivity contribution is -0.147. The number of morpholine rings is 1. The summed E-state index contributed by atoms with van der Waals surface area (Å²) in [6.45, 7) is 2.88. The van der Waals surface area contributed by atoms with Crippen LogP contribution >= 0.6 is 0 Å². The van der Waals surface area contributed by atoms with Crippen LogP contribution in [-0.4, -0.2) is 83.0 Å². The van der Waals surface area contributed by atoms with Crippen molar-refractivity contribution in [1.82, 2.24) is 9.80 Å². The molecule has 2 aliphatic heterocycles. The zero-order chi connectivity index (χ0) is 20.3. The van der Waals surface area contributed by atoms with E-state index in [-0.39, 0.29) is 22.8 Å². The molecule has 0 aromatic heterocycles. The van der Waals surface area contributed by atoms with E-state index in [0.717, 1.165) is 5.56 Å². The van der Waals surface area contributed by atoms with Crippen molar-refractivity contribution in [2.45, 2.75) is 17.2 Å². The van der Waals surface area contributed by atoms with Crippen LogP contribution in [0.5, 0.6) is 0 Å². The van der Waals surface area contributed by atoms with Crippen LogP contribution in [0.4, 0.5) is 4.79 Å². The molecule has 0 N–H and O–H groups in total. The Morgan fingerprint density at radius 1 is 1.07 bits per heavy atom. The number of benzene rings is 1. The molecule has 2 atom stereocenters. The summed E-state index contributed by atoms with van der Waals surface area (Å²) in [5, 5.41) is 0. The summed E-state index contributed by atoms with van der Waals surface area (Å²) < 4.78 is 33.6. The van der Waals surface area contributed by atoms with Crippen molar-refractivity contribution in [2.75, 3.05) is 52.8 Å². The first kappa shape index (κ1) is 20.6. The fraction of sp³-hybridized carbons (Fsp3) is 0.579. The van der Waals surface area contributed by atoms with E-state index < -0.39 is 15.8 Å². The van der Waals surface area contributed by atoms with Crippen LogP contribution in [0.2, 0.25) is 0 Å². The lowest BCUT2D eigenvalue weighted by atomic mass is 9.84. The molecule has 0 aliphatic carbocycles. The van der Waals surface area contributed by atoms with Crippen LogP contribution in [0.25, 0.3) is 0 Å². The Labute approximate surface area is 165 Å². The molecule has 2 saturated heterocycles. The van der Waals surface area contributed by atoms with E-state index in [1.807, 2.05) is 0 Å². The fourth-order valence-electron chi connectivity index (χ4n) is 3.78. The average Bonchev–Trinajstić information content (AvgIpc) is 2.72. The highest BCUT2D eigenvalue weighted by Gasteiger charge is 2.36. The fourth-order valence-corrected chi connectivity index (χ4v) is 4.41. The summed E-state index contributed by atoms with van der Waals surface area (Å²) in [6.07, 6.45) is 1.72. The number of nitrogens with zero attached hydrogens (tertiary/aromatic N) is 2. The smallest absolute Gasteiger partial charge is 0.320 e. The molecule has 2 amide bonds. The van der Waals surface area contributed by atoms with E-state index >= 15 is 0 Å². The zero-order valence-corrected chi connectivity index (χ0v) is 17.0. The minimum Gasteiger partial charge on any atom is -0.469 e. The highest BCUT2D eigenvalue weighted by atomic mass is 32.2. The van der Waals surface area contributed by atoms with Gasteiger partial charge in [-0.15, -0.1) is 0 Å². The third-order valence-electron chi connectivity index (χ3n) is 5.32. The summed E-state index contributed by atoms with van der Waals surface area (Å²) in [5.74, 6) is -0.822. The Hall–Kier alpha value is -2.13. The van der Waals surface area contributed by atoms with Crippen LogP contribution in [0.3, 0.4) is 0 Å². The topological polar surface area (TPSA) is 93.2 Å². The van der Waals surface area contributed by atoms with Crippen molar-refractivity contribution in [2.24, 2.45) is 5.92 Å². The molecule has 0 bridgehead atoms. The van der Waals surface area contributed by atoms with Crippen LogP contribution in [0.15, 0.2) is 29.2 Å². The molecule has 28 heavy (non-hydrogen) atoms. The van der Waals surface area contributed by atoms with E-state index in [9.17, 15) is 18.0 Å². The molecular weight excluding hydrogens is 384 g/mol. The lowest BCUT2D eigenvalue weighted by Gasteiger charge is -2.40. The number of hydrogen-bond donors (Lipinski definition) is 0. The molecule has 9 heteroatoms. The second-order valence-corrected chi connectivity index (χ2v) is 9.30. The van der Waals surface area contributed by atoms with Crippen LogP contribution in [0, 0.1) is 5.92 Å². The van der Waals surface area contributed by atoms with Crippen molar-refractivity contribution in [3.8, 4) is 0 Å². The molecule has 154 valence electrons. The molecule has 1 aromatic carbocycles. The third kappa shape index (κ3) is 4.64. The molecule has 1 aromatic rings. The molecule has 0 saturated carbocycles. The van der Waals surface area contributed by atoms with E-state index in [4.69, 9.17) is 9.47 Å². The third-order valence-corrected chi connectivity index (χ3v) is 6.45. The molecule has 0 spiro atoms. The largest absolute Gasteiger partial charge is 0.469 e. The standard InChI is InChI=1S/C19H26N2O6S/c1-26-18(22)16-11-15(14-3-5-17(6-4-14)28(2,24)25)12-21(13-16)19(23)20-7-9-27-10-8-20/h3-6,15-16H,7-13H2,1-2H3. The van der Waals surface area contributed by atoms with Gasteiger partial charge in [0, 0.05) is 38.4 Å². The second kappa shape index (κ2) is 8.48. The SMILES string of the molecule is COC(=O)C1CC(c2ccc(S(C)(=O)=O)cc2)CN(C(=O)N2CCOCC2)C1. The summed E-state index contributed by atoms with van der Waals surface area (Å²) in [5.41, 5.74) is 0.904. The maximum Gasteiger partial charge on any atom is 0.320 e. The van der Waals surface area contributed by atoms with E-state index in [1.54, 1.807) is 34.1 Å². The van der Waals surface area contributed by atoms with E-state index in [1.165, 1.54) is 13.4 Å². The van der Waals surface area contributed by atoms with Crippen molar-refractivity contribution in [3.63, 3.8) is 0 Å². The Kier molecular flexibility index (Phi) is 6.24. The first-order chi connectivity index (χ1) is 13.3. The number of carbonyl (C=O) groups is 2. The molecule has 0 radical (unpaired) electrons. The van der Waals surface area contributed by atoms with Gasteiger partial charge >= 0.3 is 12.0 Å². The van der Waals surface area contributed by atoms with Gasteiger partial charge in [0.1, 0.15) is 0 Å². The number of carbonyl (C=O) groups excluding carboxylic acids is 2. The predicted octanol–water partition coefficient (Wildman–Crippen LogP) is 1.12. The van der Waals surface area contributed by atoms with Crippen LogP contribution < -0.4 is 0 Å². The average molecular weight is 410 g/mol. The summed E-state index contributed by atoms with van der Waals surface area (Å²) in [6, 6.07) is 6.56. The van der Waals surface area contributed by atoms with Gasteiger partial charge in [-0.3, -0.25) is 4.79 Å². The number of hydrogen-bond acceptors (Lipinski definition) is 6. The minimum absolute atomic E-state index is 0.0727. The van der Waals surface area contributed by atoms with Crippen molar-refractivity contribution >= 4 is 21.8 Å². The summed E-state index contributed by atoms with van der Waals surface area (Å²) in [4.78, 5) is 28.8. The number of sulfone groups is 1. The van der Waals surface area contributed by atoms with Gasteiger partial charge in [0.2, 0.25) is 0 Å². The number of rotatable bonds is 3. The molecule has 2 aliphatic rings. The highest BCUT2D eigenvalue weighted by molar-refractivity contribution is 7.90. The molecule has 2 heterocycles. The quantitative estimate of drug-likeness (QED) is 0.694. The van der Waals surface area contributed by atoms with Crippen molar-refractivity contribution in [1.29, 1.82) is 0 Å². The van der Waals surface area contributed by atoms with Gasteiger partial charge in [-0.25, -0.2) is 13.2 Å². The maximum atomic E-state index is 12.9. The van der Waals surface area contributed by atoms with E-state index in [0.29, 0.717) is 45.8 Å². The number of methoxy groups -OCH3 is 1. The Morgan fingerprint density at radius 2 is 1.71 bits per heavy atom. The van der Waals surface area contributed by atoms with Gasteiger partial charge in [0.15, 0.2) is 9.84 Å². The van der Waals surface area contributed by atoms with E-state index in [2.05, 4.69) is 0 Å². The molecular formula is C19H26N2O6S. The highest BCUT2D eigenvalue weighted by Crippen LogP contribution is 2.32. The monoisotopic (exact) mass is 410 g/mol. The molecule has 2 unspecified atom stereocenters. The van der Waals surface area contributed by atoms with Gasteiger partial charge in [-0.05, 0) is 24.1 Å². The predicted molar refractivity (Wildman–Crippen MR) is 102 cm³/mol. The minimum atomic E-state index is -3.27. The second-order valence-electron chi connectivity index (χ2n) is 7.28. The van der Waals surface area contributed by atoms with Crippen molar-refractivity contribution < 1.29 is 27.5 Å². The molecule has 3 rings (SSSR count). The number of urea groups is 1. The Balaban J connectivity index is 1.81. The number of esters is 1. The van der Waals surface area contributed by atoms with Crippen LogP contribution in [0.1, 0.15) is 17.9 Å². The first-order valence-corrected chi connectivity index (χ1v) is 11.2. The van der Waals surface area contributed by atoms with Gasteiger partial charge in [0.05, 0.1) is 31.1 Å². The van der Waals surface area contributed by atoms with Gasteiger partial charge in [0.25, 0.3) is 0 Å². The van der Waals surface area contributed by atoms with Gasteiger partial charge in [-0.1, -0.05) is 12.1 Å². The zero-order valence-electron chi connectivity index (χ0n) is 16.2. The maximum absolute atomic E-state index is 12.9. The van der Waals surface area contributed by atoms with Gasteiger partial charge < -0.3 is 19.3 Å². The van der Waals surface area contributed by atoms with Crippen LogP contribution in [-0.2, 0) is 24.1 Å². The van der Waals surface area contributed by atoms with Gasteiger partial charge in [-0.2, -0.15) is 0 Å². The molecule has 2 fully saturated rings. The first-order valence-electron chi connectivity index (χ1n) is 9.29. The Morgan fingerprint density at radius 3 is 2.29 bits per heavy atom. The Bertz CT molecular complexity index is 817. The number of ether oxygens (including phenoxy) is 2. The summed E-state index contributed by atoms with van der Waals surface area (Å²) >= 11 is 0.